The van der Waals surface area contributed by atoms with Crippen molar-refractivity contribution in [3.63, 3.8) is 0 Å². The van der Waals surface area contributed by atoms with Crippen molar-refractivity contribution in [2.24, 2.45) is 5.73 Å². The van der Waals surface area contributed by atoms with Gasteiger partial charge in [0.15, 0.2) is 0 Å². The van der Waals surface area contributed by atoms with Gasteiger partial charge in [0.1, 0.15) is 0 Å². The number of amides is 1. The standard InChI is InChI=1S/C13H13F3N4O2/c14-13(15,16)12-19-11(20-22-12)8-3-5-9(6-4-8)18-10(21)2-1-7-17/h3-6H,1-2,7,17H2,(H,18,21). The summed E-state index contributed by atoms with van der Waals surface area (Å²) in [6.45, 7) is 0.422. The maximum atomic E-state index is 12.4. The average molecular weight is 314 g/mol. The molecule has 1 aromatic heterocycles. The van der Waals surface area contributed by atoms with Crippen molar-refractivity contribution < 1.29 is 22.5 Å². The molecule has 2 rings (SSSR count). The summed E-state index contributed by atoms with van der Waals surface area (Å²) >= 11 is 0. The SMILES string of the molecule is NCCCC(=O)Nc1ccc(-c2noc(C(F)(F)F)n2)cc1. The van der Waals surface area contributed by atoms with Crippen LogP contribution in [0.1, 0.15) is 18.7 Å². The Kier molecular flexibility index (Phi) is 4.76. The fourth-order valence-electron chi connectivity index (χ4n) is 1.64. The summed E-state index contributed by atoms with van der Waals surface area (Å²) in [6.07, 6.45) is -3.80. The normalized spacial score (nSPS) is 11.5. The summed E-state index contributed by atoms with van der Waals surface area (Å²) in [4.78, 5) is 14.8. The average Bonchev–Trinajstić information content (AvgIpc) is 2.96. The molecule has 0 saturated heterocycles. The molecule has 0 aliphatic rings. The molecule has 22 heavy (non-hydrogen) atoms. The molecule has 0 bridgehead atoms. The molecule has 0 aliphatic heterocycles. The number of alkyl halides is 3. The van der Waals surface area contributed by atoms with E-state index in [4.69, 9.17) is 5.73 Å². The van der Waals surface area contributed by atoms with Crippen LogP contribution in [0.25, 0.3) is 11.4 Å². The molecule has 1 heterocycles. The molecule has 3 N–H and O–H groups in total. The second-order valence-electron chi connectivity index (χ2n) is 4.44. The van der Waals surface area contributed by atoms with Crippen LogP contribution in [0.2, 0.25) is 0 Å². The Morgan fingerprint density at radius 2 is 1.95 bits per heavy atom. The first-order valence-corrected chi connectivity index (χ1v) is 6.41. The molecule has 0 saturated carbocycles. The topological polar surface area (TPSA) is 94.0 Å². The zero-order valence-corrected chi connectivity index (χ0v) is 11.4. The van der Waals surface area contributed by atoms with Gasteiger partial charge in [-0.15, -0.1) is 0 Å². The highest BCUT2D eigenvalue weighted by Crippen LogP contribution is 2.29. The van der Waals surface area contributed by atoms with Crippen molar-refractivity contribution in [2.45, 2.75) is 19.0 Å². The van der Waals surface area contributed by atoms with Crippen LogP contribution < -0.4 is 11.1 Å². The van der Waals surface area contributed by atoms with Crippen molar-refractivity contribution in [3.8, 4) is 11.4 Å². The lowest BCUT2D eigenvalue weighted by Gasteiger charge is -2.04. The van der Waals surface area contributed by atoms with E-state index in [9.17, 15) is 18.0 Å². The number of anilines is 1. The summed E-state index contributed by atoms with van der Waals surface area (Å²) in [7, 11) is 0. The fraction of sp³-hybridized carbons (Fsp3) is 0.308. The summed E-state index contributed by atoms with van der Waals surface area (Å²) < 4.78 is 41.3. The molecule has 0 aliphatic carbocycles. The Morgan fingerprint density at radius 3 is 2.50 bits per heavy atom. The highest BCUT2D eigenvalue weighted by Gasteiger charge is 2.38. The minimum absolute atomic E-state index is 0.173. The fourth-order valence-corrected chi connectivity index (χ4v) is 1.64. The molecule has 0 radical (unpaired) electrons. The molecule has 2 aromatic rings. The Bertz CT molecular complexity index is 637. The second-order valence-corrected chi connectivity index (χ2v) is 4.44. The highest BCUT2D eigenvalue weighted by atomic mass is 19.4. The van der Waals surface area contributed by atoms with E-state index in [-0.39, 0.29) is 11.7 Å². The van der Waals surface area contributed by atoms with Gasteiger partial charge in [0.05, 0.1) is 0 Å². The van der Waals surface area contributed by atoms with Crippen LogP contribution in [-0.2, 0) is 11.0 Å². The van der Waals surface area contributed by atoms with Crippen LogP contribution in [0.5, 0.6) is 0 Å². The number of benzene rings is 1. The lowest BCUT2D eigenvalue weighted by Crippen LogP contribution is -2.13. The quantitative estimate of drug-likeness (QED) is 0.884. The molecule has 0 unspecified atom stereocenters. The maximum absolute atomic E-state index is 12.4. The van der Waals surface area contributed by atoms with Crippen molar-refractivity contribution in [1.29, 1.82) is 0 Å². The van der Waals surface area contributed by atoms with Gasteiger partial charge >= 0.3 is 12.1 Å². The van der Waals surface area contributed by atoms with E-state index in [1.165, 1.54) is 12.1 Å². The van der Waals surface area contributed by atoms with Crippen LogP contribution in [0.15, 0.2) is 28.8 Å². The molecule has 9 heteroatoms. The Morgan fingerprint density at radius 1 is 1.27 bits per heavy atom. The highest BCUT2D eigenvalue weighted by molar-refractivity contribution is 5.90. The number of hydrogen-bond acceptors (Lipinski definition) is 5. The van der Waals surface area contributed by atoms with Gasteiger partial charge in [0, 0.05) is 17.7 Å². The van der Waals surface area contributed by atoms with Crippen LogP contribution in [0.3, 0.4) is 0 Å². The Balaban J connectivity index is 2.06. The van der Waals surface area contributed by atoms with Crippen LogP contribution in [-0.4, -0.2) is 22.6 Å². The van der Waals surface area contributed by atoms with E-state index in [2.05, 4.69) is 20.0 Å². The number of aromatic nitrogens is 2. The maximum Gasteiger partial charge on any atom is 0.471 e. The zero-order valence-electron chi connectivity index (χ0n) is 11.4. The lowest BCUT2D eigenvalue weighted by atomic mass is 10.2. The Labute approximate surface area is 123 Å². The molecule has 0 atom stereocenters. The van der Waals surface area contributed by atoms with Gasteiger partial charge in [-0.2, -0.15) is 18.2 Å². The van der Waals surface area contributed by atoms with Gasteiger partial charge in [0.25, 0.3) is 0 Å². The predicted octanol–water partition coefficient (Wildman–Crippen LogP) is 2.43. The van der Waals surface area contributed by atoms with Gasteiger partial charge in [-0.25, -0.2) is 0 Å². The summed E-state index contributed by atoms with van der Waals surface area (Å²) in [5, 5.41) is 5.92. The number of nitrogens with zero attached hydrogens (tertiary/aromatic N) is 2. The first-order valence-electron chi connectivity index (χ1n) is 6.41. The van der Waals surface area contributed by atoms with Crippen LogP contribution >= 0.6 is 0 Å². The van der Waals surface area contributed by atoms with E-state index >= 15 is 0 Å². The van der Waals surface area contributed by atoms with E-state index in [1.54, 1.807) is 12.1 Å². The van der Waals surface area contributed by atoms with E-state index in [0.717, 1.165) is 0 Å². The van der Waals surface area contributed by atoms with E-state index in [0.29, 0.717) is 30.6 Å². The van der Waals surface area contributed by atoms with Gasteiger partial charge in [-0.1, -0.05) is 5.16 Å². The van der Waals surface area contributed by atoms with Crippen LogP contribution in [0.4, 0.5) is 18.9 Å². The van der Waals surface area contributed by atoms with Gasteiger partial charge in [-0.05, 0) is 37.2 Å². The molecule has 0 fully saturated rings. The van der Waals surface area contributed by atoms with Crippen LogP contribution in [0, 0.1) is 0 Å². The second kappa shape index (κ2) is 6.56. The number of carbonyl (C=O) groups excluding carboxylic acids is 1. The first-order chi connectivity index (χ1) is 10.4. The molecule has 118 valence electrons. The summed E-state index contributed by atoms with van der Waals surface area (Å²) in [6, 6.07) is 6.06. The van der Waals surface area contributed by atoms with Crippen molar-refractivity contribution >= 4 is 11.6 Å². The summed E-state index contributed by atoms with van der Waals surface area (Å²) in [5.74, 6) is -1.76. The van der Waals surface area contributed by atoms with Gasteiger partial charge in [0.2, 0.25) is 11.7 Å². The number of nitrogens with one attached hydrogen (secondary N) is 1. The predicted molar refractivity (Wildman–Crippen MR) is 71.7 cm³/mol. The van der Waals surface area contributed by atoms with Crippen molar-refractivity contribution in [2.75, 3.05) is 11.9 Å². The van der Waals surface area contributed by atoms with Gasteiger partial charge in [-0.3, -0.25) is 4.79 Å². The molecule has 1 aromatic carbocycles. The largest absolute Gasteiger partial charge is 0.471 e. The minimum Gasteiger partial charge on any atom is -0.330 e. The minimum atomic E-state index is -4.68. The number of rotatable bonds is 5. The lowest BCUT2D eigenvalue weighted by molar-refractivity contribution is -0.159. The van der Waals surface area contributed by atoms with Crippen molar-refractivity contribution in [3.05, 3.63) is 30.2 Å². The zero-order chi connectivity index (χ0) is 16.2. The monoisotopic (exact) mass is 314 g/mol. The number of halogens is 3. The third kappa shape index (κ3) is 4.04. The smallest absolute Gasteiger partial charge is 0.330 e. The number of nitrogens with two attached hydrogens (primary N) is 1. The molecule has 6 nitrogen and oxygen atoms in total. The summed E-state index contributed by atoms with van der Waals surface area (Å²) in [5.41, 5.74) is 6.17. The molecule has 0 spiro atoms. The molecular formula is C13H13F3N4O2. The van der Waals surface area contributed by atoms with E-state index < -0.39 is 12.1 Å². The Hall–Kier alpha value is -2.42. The third-order valence-electron chi connectivity index (χ3n) is 2.70. The van der Waals surface area contributed by atoms with E-state index in [1.807, 2.05) is 0 Å². The first kappa shape index (κ1) is 16.0. The number of carbonyl (C=O) groups is 1. The third-order valence-corrected chi connectivity index (χ3v) is 2.70. The molecule has 1 amide bonds. The molecular weight excluding hydrogens is 301 g/mol. The van der Waals surface area contributed by atoms with Gasteiger partial charge < -0.3 is 15.6 Å². The van der Waals surface area contributed by atoms with Crippen molar-refractivity contribution in [1.82, 2.24) is 10.1 Å². The number of hydrogen-bond donors (Lipinski definition) is 2.